The zero-order valence-electron chi connectivity index (χ0n) is 6.56. The summed E-state index contributed by atoms with van der Waals surface area (Å²) in [6.07, 6.45) is 0. The Balaban J connectivity index is 3.03. The van der Waals surface area contributed by atoms with Gasteiger partial charge in [-0.1, -0.05) is 5.22 Å². The molecule has 5 heteroatoms. The highest BCUT2D eigenvalue weighted by Crippen LogP contribution is 2.29. The Hall–Kier alpha value is -1.78. The fraction of sp³-hybridized carbons (Fsp3) is 0.143. The van der Waals surface area contributed by atoms with Crippen LogP contribution in [0.3, 0.4) is 0 Å². The van der Waals surface area contributed by atoms with E-state index in [1.165, 1.54) is 13.2 Å². The zero-order valence-corrected chi connectivity index (χ0v) is 6.56. The van der Waals surface area contributed by atoms with E-state index in [1.54, 1.807) is 12.1 Å². The highest BCUT2D eigenvalue weighted by atomic mass is 16.5. The summed E-state index contributed by atoms with van der Waals surface area (Å²) in [7, 11) is 1.51. The maximum Gasteiger partial charge on any atom is 0.146 e. The summed E-state index contributed by atoms with van der Waals surface area (Å²) in [5.74, 6) is 5.36. The van der Waals surface area contributed by atoms with Crippen LogP contribution in [-0.4, -0.2) is 12.2 Å². The Morgan fingerprint density at radius 2 is 2.25 bits per heavy atom. The van der Waals surface area contributed by atoms with E-state index < -0.39 is 0 Å². The van der Waals surface area contributed by atoms with Crippen molar-refractivity contribution in [1.29, 1.82) is 0 Å². The Bertz CT molecular complexity index is 299. The van der Waals surface area contributed by atoms with E-state index in [1.807, 2.05) is 0 Å². The van der Waals surface area contributed by atoms with Gasteiger partial charge in [0.1, 0.15) is 17.2 Å². The lowest BCUT2D eigenvalue weighted by molar-refractivity contribution is 0.408. The summed E-state index contributed by atoms with van der Waals surface area (Å²) in [5.41, 5.74) is 0.318. The number of nitrogens with two attached hydrogens (primary N) is 1. The van der Waals surface area contributed by atoms with Crippen LogP contribution in [0.15, 0.2) is 28.5 Å². The average Bonchev–Trinajstić information content (AvgIpc) is 2.09. The molecule has 1 rings (SSSR count). The number of rotatable bonds is 2. The molecule has 0 unspecified atom stereocenters. The molecule has 0 saturated carbocycles. The minimum atomic E-state index is -0.0106. The summed E-state index contributed by atoms with van der Waals surface area (Å²) >= 11 is 0. The van der Waals surface area contributed by atoms with Gasteiger partial charge in [0.2, 0.25) is 0 Å². The van der Waals surface area contributed by atoms with Gasteiger partial charge in [-0.3, -0.25) is 0 Å². The second-order valence-electron chi connectivity index (χ2n) is 2.07. The lowest BCUT2D eigenvalue weighted by atomic mass is 10.3. The molecular formula is C7H9N3O2. The number of hydrogen-bond acceptors (Lipinski definition) is 4. The number of phenolic OH excluding ortho intramolecular Hbond substituents is 1. The van der Waals surface area contributed by atoms with Crippen molar-refractivity contribution < 1.29 is 9.84 Å². The highest BCUT2D eigenvalue weighted by molar-refractivity contribution is 5.53. The lowest BCUT2D eigenvalue weighted by Crippen LogP contribution is -1.81. The topological polar surface area (TPSA) is 80.2 Å². The molecule has 0 spiro atoms. The summed E-state index contributed by atoms with van der Waals surface area (Å²) in [6.45, 7) is 0. The van der Waals surface area contributed by atoms with Crippen LogP contribution in [0.2, 0.25) is 0 Å². The second-order valence-corrected chi connectivity index (χ2v) is 2.07. The third kappa shape index (κ3) is 1.63. The SMILES string of the molecule is COc1ccc(N=NN)c(O)c1. The minimum absolute atomic E-state index is 0.0106. The molecule has 5 nitrogen and oxygen atoms in total. The zero-order chi connectivity index (χ0) is 8.97. The van der Waals surface area contributed by atoms with Gasteiger partial charge in [0.15, 0.2) is 0 Å². The van der Waals surface area contributed by atoms with Crippen molar-refractivity contribution in [2.75, 3.05) is 7.11 Å². The number of methoxy groups -OCH3 is 1. The molecule has 0 atom stereocenters. The van der Waals surface area contributed by atoms with Crippen LogP contribution in [0.4, 0.5) is 5.69 Å². The Morgan fingerprint density at radius 1 is 1.50 bits per heavy atom. The van der Waals surface area contributed by atoms with Crippen LogP contribution in [-0.2, 0) is 0 Å². The molecular weight excluding hydrogens is 158 g/mol. The maximum atomic E-state index is 9.26. The van der Waals surface area contributed by atoms with Crippen LogP contribution >= 0.6 is 0 Å². The quantitative estimate of drug-likeness (QED) is 0.396. The van der Waals surface area contributed by atoms with Gasteiger partial charge >= 0.3 is 0 Å². The van der Waals surface area contributed by atoms with Crippen molar-refractivity contribution in [3.05, 3.63) is 18.2 Å². The molecule has 12 heavy (non-hydrogen) atoms. The molecule has 0 aliphatic rings. The van der Waals surface area contributed by atoms with Gasteiger partial charge in [-0.05, 0) is 12.1 Å². The van der Waals surface area contributed by atoms with Gasteiger partial charge in [-0.2, -0.15) is 0 Å². The van der Waals surface area contributed by atoms with E-state index in [0.717, 1.165) is 0 Å². The molecule has 0 heterocycles. The molecule has 0 aromatic heterocycles. The van der Waals surface area contributed by atoms with E-state index in [4.69, 9.17) is 10.6 Å². The monoisotopic (exact) mass is 167 g/mol. The van der Waals surface area contributed by atoms with E-state index in [-0.39, 0.29) is 5.75 Å². The predicted octanol–water partition coefficient (Wildman–Crippen LogP) is 1.36. The van der Waals surface area contributed by atoms with Crippen LogP contribution in [0, 0.1) is 0 Å². The van der Waals surface area contributed by atoms with Gasteiger partial charge in [0, 0.05) is 6.07 Å². The smallest absolute Gasteiger partial charge is 0.146 e. The van der Waals surface area contributed by atoms with Crippen LogP contribution < -0.4 is 10.6 Å². The molecule has 0 aliphatic carbocycles. The molecule has 0 amide bonds. The summed E-state index contributed by atoms with van der Waals surface area (Å²) in [6, 6.07) is 4.65. The molecule has 0 fully saturated rings. The molecule has 64 valence electrons. The molecule has 1 aromatic rings. The van der Waals surface area contributed by atoms with Gasteiger partial charge < -0.3 is 15.7 Å². The number of benzene rings is 1. The second kappa shape index (κ2) is 3.56. The molecule has 0 radical (unpaired) electrons. The first kappa shape index (κ1) is 8.32. The molecule has 1 aromatic carbocycles. The first-order valence-corrected chi connectivity index (χ1v) is 3.26. The fourth-order valence-corrected chi connectivity index (χ4v) is 0.777. The maximum absolute atomic E-state index is 9.26. The first-order chi connectivity index (χ1) is 5.77. The minimum Gasteiger partial charge on any atom is -0.505 e. The van der Waals surface area contributed by atoms with Crippen molar-refractivity contribution in [3.63, 3.8) is 0 Å². The van der Waals surface area contributed by atoms with E-state index in [0.29, 0.717) is 11.4 Å². The first-order valence-electron chi connectivity index (χ1n) is 3.26. The van der Waals surface area contributed by atoms with E-state index in [9.17, 15) is 5.11 Å². The van der Waals surface area contributed by atoms with Crippen LogP contribution in [0.5, 0.6) is 11.5 Å². The molecule has 3 N–H and O–H groups in total. The van der Waals surface area contributed by atoms with E-state index >= 15 is 0 Å². The molecule has 0 aliphatic heterocycles. The molecule has 0 bridgehead atoms. The predicted molar refractivity (Wildman–Crippen MR) is 43.4 cm³/mol. The van der Waals surface area contributed by atoms with Crippen molar-refractivity contribution >= 4 is 5.69 Å². The van der Waals surface area contributed by atoms with Crippen molar-refractivity contribution in [3.8, 4) is 11.5 Å². The largest absolute Gasteiger partial charge is 0.505 e. The van der Waals surface area contributed by atoms with Crippen LogP contribution in [0.25, 0.3) is 0 Å². The number of hydrogen-bond donors (Lipinski definition) is 2. The third-order valence-electron chi connectivity index (χ3n) is 1.35. The standard InChI is InChI=1S/C7H9N3O2/c1-12-5-2-3-6(9-10-8)7(11)4-5/h2-4,11H,1H3,(H2,8,9). The van der Waals surface area contributed by atoms with Gasteiger partial charge in [-0.25, -0.2) is 0 Å². The van der Waals surface area contributed by atoms with Crippen molar-refractivity contribution in [1.82, 2.24) is 0 Å². The number of ether oxygens (including phenoxy) is 1. The summed E-state index contributed by atoms with van der Waals surface area (Å²) in [5, 5.41) is 15.8. The molecule has 0 saturated heterocycles. The van der Waals surface area contributed by atoms with Gasteiger partial charge in [0.25, 0.3) is 0 Å². The number of aromatic hydroxyl groups is 1. The van der Waals surface area contributed by atoms with Gasteiger partial charge in [-0.15, -0.1) is 5.11 Å². The Morgan fingerprint density at radius 3 is 2.75 bits per heavy atom. The lowest BCUT2D eigenvalue weighted by Gasteiger charge is -2.00. The Labute approximate surface area is 69.5 Å². The van der Waals surface area contributed by atoms with Gasteiger partial charge in [0.05, 0.1) is 7.11 Å². The summed E-state index contributed by atoms with van der Waals surface area (Å²) in [4.78, 5) is 0. The van der Waals surface area contributed by atoms with E-state index in [2.05, 4.69) is 10.3 Å². The van der Waals surface area contributed by atoms with Crippen molar-refractivity contribution in [2.45, 2.75) is 0 Å². The average molecular weight is 167 g/mol. The highest BCUT2D eigenvalue weighted by Gasteiger charge is 2.00. The van der Waals surface area contributed by atoms with Crippen molar-refractivity contribution in [2.24, 2.45) is 16.2 Å². The van der Waals surface area contributed by atoms with Crippen LogP contribution in [0.1, 0.15) is 0 Å². The number of nitrogens with zero attached hydrogens (tertiary/aromatic N) is 2. The third-order valence-corrected chi connectivity index (χ3v) is 1.35. The fourth-order valence-electron chi connectivity index (χ4n) is 0.777. The Kier molecular flexibility index (Phi) is 2.47. The normalized spacial score (nSPS) is 10.4. The number of phenols is 1. The summed E-state index contributed by atoms with van der Waals surface area (Å²) < 4.78 is 4.86.